The van der Waals surface area contributed by atoms with Gasteiger partial charge in [-0.1, -0.05) is 0 Å². The molecule has 0 aromatic carbocycles. The second-order valence-corrected chi connectivity index (χ2v) is 1.93. The van der Waals surface area contributed by atoms with Crippen molar-refractivity contribution in [3.8, 4) is 0 Å². The zero-order valence-electron chi connectivity index (χ0n) is 6.59. The van der Waals surface area contributed by atoms with Crippen molar-refractivity contribution in [1.29, 1.82) is 0 Å². The predicted molar refractivity (Wildman–Crippen MR) is 39.6 cm³/mol. The van der Waals surface area contributed by atoms with Gasteiger partial charge in [0.25, 0.3) is 0 Å². The molecule has 4 heteroatoms. The summed E-state index contributed by atoms with van der Waals surface area (Å²) in [5.41, 5.74) is 5.02. The molecule has 62 valence electrons. The predicted octanol–water partition coefficient (Wildman–Crippen LogP) is -0.0189. The number of nitrogens with two attached hydrogens (primary N) is 1. The molecule has 0 aliphatic heterocycles. The molecular formula is C7H11NO3. The van der Waals surface area contributed by atoms with E-state index in [0.29, 0.717) is 0 Å². The van der Waals surface area contributed by atoms with E-state index in [0.717, 1.165) is 6.08 Å². The minimum Gasteiger partial charge on any atom is -0.461 e. The van der Waals surface area contributed by atoms with E-state index in [9.17, 15) is 9.59 Å². The Kier molecular flexibility index (Phi) is 3.95. The van der Waals surface area contributed by atoms with Gasteiger partial charge in [-0.05, 0) is 13.8 Å². The van der Waals surface area contributed by atoms with Crippen molar-refractivity contribution in [2.24, 2.45) is 5.73 Å². The van der Waals surface area contributed by atoms with Crippen molar-refractivity contribution in [2.75, 3.05) is 6.61 Å². The van der Waals surface area contributed by atoms with Gasteiger partial charge in [-0.3, -0.25) is 4.79 Å². The zero-order chi connectivity index (χ0) is 8.85. The first-order chi connectivity index (χ1) is 5.07. The number of allylic oxidation sites excluding steroid dienone is 1. The van der Waals surface area contributed by atoms with Crippen molar-refractivity contribution in [1.82, 2.24) is 0 Å². The summed E-state index contributed by atoms with van der Waals surface area (Å²) in [5.74, 6) is -0.918. The molecule has 0 atom stereocenters. The van der Waals surface area contributed by atoms with Crippen LogP contribution < -0.4 is 5.73 Å². The van der Waals surface area contributed by atoms with Gasteiger partial charge in [-0.25, -0.2) is 4.79 Å². The molecule has 0 rings (SSSR count). The lowest BCUT2D eigenvalue weighted by Gasteiger charge is -1.99. The third kappa shape index (κ3) is 4.13. The van der Waals surface area contributed by atoms with Crippen LogP contribution in [0.1, 0.15) is 13.8 Å². The number of ketones is 1. The van der Waals surface area contributed by atoms with Crippen LogP contribution in [0.3, 0.4) is 0 Å². The van der Waals surface area contributed by atoms with Gasteiger partial charge in [-0.2, -0.15) is 0 Å². The van der Waals surface area contributed by atoms with E-state index < -0.39 is 5.97 Å². The number of hydrogen-bond donors (Lipinski definition) is 1. The third-order valence-electron chi connectivity index (χ3n) is 0.870. The molecule has 0 spiro atoms. The maximum absolute atomic E-state index is 10.7. The highest BCUT2D eigenvalue weighted by molar-refractivity contribution is 5.97. The van der Waals surface area contributed by atoms with Crippen LogP contribution in [0.4, 0.5) is 0 Å². The Morgan fingerprint density at radius 2 is 2.09 bits per heavy atom. The molecular weight excluding hydrogens is 146 g/mol. The van der Waals surface area contributed by atoms with Gasteiger partial charge in [0.15, 0.2) is 5.78 Å². The first-order valence-corrected chi connectivity index (χ1v) is 3.22. The zero-order valence-corrected chi connectivity index (χ0v) is 6.59. The lowest BCUT2D eigenvalue weighted by atomic mass is 10.3. The number of carbonyl (C=O) groups excluding carboxylic acids is 2. The normalized spacial score (nSPS) is 10.9. The average Bonchev–Trinajstić information content (AvgIpc) is 1.86. The molecule has 2 N–H and O–H groups in total. The molecule has 0 aliphatic rings. The molecule has 0 heterocycles. The molecule has 0 aromatic rings. The lowest BCUT2D eigenvalue weighted by Crippen LogP contribution is -2.15. The number of hydrogen-bond acceptors (Lipinski definition) is 4. The van der Waals surface area contributed by atoms with Crippen molar-refractivity contribution >= 4 is 11.8 Å². The largest absolute Gasteiger partial charge is 0.461 e. The number of ether oxygens (including phenoxy) is 1. The van der Waals surface area contributed by atoms with Crippen molar-refractivity contribution in [3.05, 3.63) is 11.8 Å². The van der Waals surface area contributed by atoms with Crippen LogP contribution >= 0.6 is 0 Å². The molecule has 0 radical (unpaired) electrons. The van der Waals surface area contributed by atoms with E-state index in [1.165, 1.54) is 6.92 Å². The van der Waals surface area contributed by atoms with Crippen LogP contribution in [-0.4, -0.2) is 18.4 Å². The highest BCUT2D eigenvalue weighted by Crippen LogP contribution is 1.89. The molecule has 0 saturated carbocycles. The number of carbonyl (C=O) groups is 2. The third-order valence-corrected chi connectivity index (χ3v) is 0.870. The minimum atomic E-state index is -0.650. The van der Waals surface area contributed by atoms with E-state index in [2.05, 4.69) is 4.74 Å². The monoisotopic (exact) mass is 157 g/mol. The van der Waals surface area contributed by atoms with Crippen LogP contribution in [0.25, 0.3) is 0 Å². The van der Waals surface area contributed by atoms with Crippen LogP contribution in [-0.2, 0) is 14.3 Å². The van der Waals surface area contributed by atoms with Crippen LogP contribution in [0.2, 0.25) is 0 Å². The standard InChI is InChI=1S/C7H11NO3/c1-3-11-7(10)6(8)4-5(2)9/h4H,3,8H2,1-2H3/b6-4+. The van der Waals surface area contributed by atoms with Crippen LogP contribution in [0.15, 0.2) is 11.8 Å². The van der Waals surface area contributed by atoms with Gasteiger partial charge in [0.1, 0.15) is 5.70 Å². The second-order valence-electron chi connectivity index (χ2n) is 1.93. The maximum Gasteiger partial charge on any atom is 0.354 e. The summed E-state index contributed by atoms with van der Waals surface area (Å²) < 4.78 is 4.52. The molecule has 11 heavy (non-hydrogen) atoms. The van der Waals surface area contributed by atoms with Gasteiger partial charge >= 0.3 is 5.97 Å². The Morgan fingerprint density at radius 3 is 2.45 bits per heavy atom. The van der Waals surface area contributed by atoms with Crippen molar-refractivity contribution in [3.63, 3.8) is 0 Å². The quantitative estimate of drug-likeness (QED) is 0.461. The number of rotatable bonds is 3. The second kappa shape index (κ2) is 4.49. The first-order valence-electron chi connectivity index (χ1n) is 3.22. The summed E-state index contributed by atoms with van der Waals surface area (Å²) in [6.07, 6.45) is 1.04. The highest BCUT2D eigenvalue weighted by atomic mass is 16.5. The summed E-state index contributed by atoms with van der Waals surface area (Å²) in [4.78, 5) is 21.1. The number of esters is 1. The van der Waals surface area contributed by atoms with E-state index in [1.807, 2.05) is 0 Å². The molecule has 0 bridgehead atoms. The Bertz CT molecular complexity index is 196. The summed E-state index contributed by atoms with van der Waals surface area (Å²) in [6.45, 7) is 3.23. The van der Waals surface area contributed by atoms with E-state index in [1.54, 1.807) is 6.92 Å². The summed E-state index contributed by atoms with van der Waals surface area (Å²) in [6, 6.07) is 0. The average molecular weight is 157 g/mol. The maximum atomic E-state index is 10.7. The molecule has 0 saturated heterocycles. The summed E-state index contributed by atoms with van der Waals surface area (Å²) >= 11 is 0. The van der Waals surface area contributed by atoms with Crippen molar-refractivity contribution in [2.45, 2.75) is 13.8 Å². The minimum absolute atomic E-state index is 0.153. The molecule has 0 fully saturated rings. The Hall–Kier alpha value is -1.32. The van der Waals surface area contributed by atoms with E-state index >= 15 is 0 Å². The summed E-state index contributed by atoms with van der Waals surface area (Å²) in [7, 11) is 0. The summed E-state index contributed by atoms with van der Waals surface area (Å²) in [5, 5.41) is 0. The van der Waals surface area contributed by atoms with E-state index in [-0.39, 0.29) is 18.1 Å². The fourth-order valence-corrected chi connectivity index (χ4v) is 0.492. The van der Waals surface area contributed by atoms with Gasteiger partial charge < -0.3 is 10.5 Å². The van der Waals surface area contributed by atoms with Gasteiger partial charge in [-0.15, -0.1) is 0 Å². The van der Waals surface area contributed by atoms with Crippen LogP contribution in [0.5, 0.6) is 0 Å². The smallest absolute Gasteiger partial charge is 0.354 e. The lowest BCUT2D eigenvalue weighted by molar-refractivity contribution is -0.138. The first kappa shape index (κ1) is 9.68. The van der Waals surface area contributed by atoms with E-state index in [4.69, 9.17) is 5.73 Å². The van der Waals surface area contributed by atoms with Gasteiger partial charge in [0.2, 0.25) is 0 Å². The Balaban J connectivity index is 4.12. The molecule has 0 aliphatic carbocycles. The van der Waals surface area contributed by atoms with Crippen molar-refractivity contribution < 1.29 is 14.3 Å². The van der Waals surface area contributed by atoms with Crippen LogP contribution in [0, 0.1) is 0 Å². The Labute approximate surface area is 65.0 Å². The topological polar surface area (TPSA) is 69.4 Å². The molecule has 4 nitrogen and oxygen atoms in total. The fraction of sp³-hybridized carbons (Fsp3) is 0.429. The molecule has 0 amide bonds. The van der Waals surface area contributed by atoms with Gasteiger partial charge in [0.05, 0.1) is 6.61 Å². The SMILES string of the molecule is CCOC(=O)/C(N)=C\C(C)=O. The van der Waals surface area contributed by atoms with Gasteiger partial charge in [0, 0.05) is 6.08 Å². The fourth-order valence-electron chi connectivity index (χ4n) is 0.492. The molecule has 0 unspecified atom stereocenters. The highest BCUT2D eigenvalue weighted by Gasteiger charge is 2.05. The molecule has 0 aromatic heterocycles. The Morgan fingerprint density at radius 1 is 1.55 bits per heavy atom.